The average molecular weight is 152 g/mol. The molecule has 2 aliphatic carbocycles. The summed E-state index contributed by atoms with van der Waals surface area (Å²) in [6, 6.07) is 0. The molecule has 2 rings (SSSR count). The zero-order chi connectivity index (χ0) is 8.22. The van der Waals surface area contributed by atoms with Crippen molar-refractivity contribution in [3.8, 4) is 0 Å². The molecule has 11 heavy (non-hydrogen) atoms. The highest BCUT2D eigenvalue weighted by molar-refractivity contribution is 5.07. The van der Waals surface area contributed by atoms with Crippen LogP contribution in [0.3, 0.4) is 0 Å². The zero-order valence-electron chi connectivity index (χ0n) is 8.22. The van der Waals surface area contributed by atoms with Gasteiger partial charge in [0.25, 0.3) is 0 Å². The zero-order valence-corrected chi connectivity index (χ0v) is 8.22. The Hall–Kier alpha value is 0. The third-order valence-corrected chi connectivity index (χ3v) is 3.85. The number of hydrogen-bond acceptors (Lipinski definition) is 0. The van der Waals surface area contributed by atoms with Crippen molar-refractivity contribution in [2.24, 2.45) is 29.1 Å². The van der Waals surface area contributed by atoms with E-state index in [2.05, 4.69) is 27.7 Å². The van der Waals surface area contributed by atoms with Crippen molar-refractivity contribution >= 4 is 0 Å². The molecule has 2 fully saturated rings. The molecule has 0 saturated heterocycles. The Kier molecular flexibility index (Phi) is 1.41. The second kappa shape index (κ2) is 2.02. The molecule has 0 N–H and O–H groups in total. The van der Waals surface area contributed by atoms with E-state index in [0.717, 1.165) is 23.7 Å². The summed E-state index contributed by atoms with van der Waals surface area (Å²) in [6.45, 7) is 9.60. The van der Waals surface area contributed by atoms with Crippen molar-refractivity contribution < 1.29 is 0 Å². The van der Waals surface area contributed by atoms with Gasteiger partial charge in [-0.2, -0.15) is 0 Å². The maximum absolute atomic E-state index is 2.42. The molecule has 0 aromatic heterocycles. The number of hydrogen-bond donors (Lipinski definition) is 0. The first-order valence-corrected chi connectivity index (χ1v) is 5.02. The Balaban J connectivity index is 1.85. The molecule has 0 aromatic carbocycles. The van der Waals surface area contributed by atoms with E-state index in [0.29, 0.717) is 5.41 Å². The molecule has 0 aromatic rings. The fraction of sp³-hybridized carbons (Fsp3) is 1.00. The Morgan fingerprint density at radius 2 is 1.82 bits per heavy atom. The SMILES string of the molecule is CC(C)C1CC1C1CC1(C)C. The van der Waals surface area contributed by atoms with Crippen LogP contribution in [0.15, 0.2) is 0 Å². The molecule has 0 aliphatic heterocycles. The standard InChI is InChI=1S/C11H20/c1-7(2)8-5-9(8)10-6-11(10,3)4/h7-10H,5-6H2,1-4H3. The molecule has 2 aliphatic rings. The van der Waals surface area contributed by atoms with Crippen LogP contribution >= 0.6 is 0 Å². The van der Waals surface area contributed by atoms with Crippen molar-refractivity contribution in [2.75, 3.05) is 0 Å². The lowest BCUT2D eigenvalue weighted by molar-refractivity contribution is 0.445. The average Bonchev–Trinajstić information content (AvgIpc) is 2.64. The summed E-state index contributed by atoms with van der Waals surface area (Å²) < 4.78 is 0. The van der Waals surface area contributed by atoms with Crippen LogP contribution in [0.5, 0.6) is 0 Å². The van der Waals surface area contributed by atoms with Gasteiger partial charge in [0, 0.05) is 0 Å². The van der Waals surface area contributed by atoms with Crippen molar-refractivity contribution in [1.82, 2.24) is 0 Å². The molecule has 2 saturated carbocycles. The molecule has 0 amide bonds. The van der Waals surface area contributed by atoms with Crippen LogP contribution in [0.2, 0.25) is 0 Å². The molecule has 64 valence electrons. The Bertz CT molecular complexity index is 167. The molecule has 0 bridgehead atoms. The quantitative estimate of drug-likeness (QED) is 0.569. The van der Waals surface area contributed by atoms with Crippen LogP contribution < -0.4 is 0 Å². The van der Waals surface area contributed by atoms with Gasteiger partial charge in [-0.3, -0.25) is 0 Å². The van der Waals surface area contributed by atoms with Gasteiger partial charge in [0.05, 0.1) is 0 Å². The fourth-order valence-electron chi connectivity index (χ4n) is 2.70. The van der Waals surface area contributed by atoms with E-state index in [9.17, 15) is 0 Å². The van der Waals surface area contributed by atoms with E-state index in [1.54, 1.807) is 0 Å². The van der Waals surface area contributed by atoms with Crippen molar-refractivity contribution in [1.29, 1.82) is 0 Å². The van der Waals surface area contributed by atoms with E-state index in [1.807, 2.05) is 0 Å². The Labute approximate surface area is 70.4 Å². The molecule has 0 radical (unpaired) electrons. The first-order valence-electron chi connectivity index (χ1n) is 5.02. The van der Waals surface area contributed by atoms with Gasteiger partial charge in [-0.15, -0.1) is 0 Å². The van der Waals surface area contributed by atoms with Gasteiger partial charge in [-0.1, -0.05) is 27.7 Å². The summed E-state index contributed by atoms with van der Waals surface area (Å²) in [5, 5.41) is 0. The molecule has 0 heterocycles. The van der Waals surface area contributed by atoms with Crippen LogP contribution in [0.4, 0.5) is 0 Å². The molecule has 0 nitrogen and oxygen atoms in total. The third-order valence-electron chi connectivity index (χ3n) is 3.85. The minimum Gasteiger partial charge on any atom is -0.0625 e. The molecule has 3 atom stereocenters. The normalized spacial score (nSPS) is 46.1. The second-order valence-electron chi connectivity index (χ2n) is 5.61. The van der Waals surface area contributed by atoms with Crippen LogP contribution in [0.1, 0.15) is 40.5 Å². The predicted octanol–water partition coefficient (Wildman–Crippen LogP) is 3.32. The fourth-order valence-corrected chi connectivity index (χ4v) is 2.70. The van der Waals surface area contributed by atoms with E-state index >= 15 is 0 Å². The highest BCUT2D eigenvalue weighted by Crippen LogP contribution is 2.66. The van der Waals surface area contributed by atoms with Gasteiger partial charge in [0.2, 0.25) is 0 Å². The summed E-state index contributed by atoms with van der Waals surface area (Å²) in [7, 11) is 0. The lowest BCUT2D eigenvalue weighted by Gasteiger charge is -2.04. The van der Waals surface area contributed by atoms with Gasteiger partial charge >= 0.3 is 0 Å². The summed E-state index contributed by atoms with van der Waals surface area (Å²) in [6.07, 6.45) is 3.03. The first-order chi connectivity index (χ1) is 5.02. The minimum atomic E-state index is 0.717. The monoisotopic (exact) mass is 152 g/mol. The van der Waals surface area contributed by atoms with Crippen LogP contribution in [0, 0.1) is 29.1 Å². The highest BCUT2D eigenvalue weighted by Gasteiger charge is 2.58. The van der Waals surface area contributed by atoms with Crippen LogP contribution in [0.25, 0.3) is 0 Å². The number of rotatable bonds is 2. The first kappa shape index (κ1) is 7.64. The second-order valence-corrected chi connectivity index (χ2v) is 5.61. The van der Waals surface area contributed by atoms with Crippen molar-refractivity contribution in [3.05, 3.63) is 0 Å². The summed E-state index contributed by atoms with van der Waals surface area (Å²) in [4.78, 5) is 0. The minimum absolute atomic E-state index is 0.717. The molecule has 0 spiro atoms. The highest BCUT2D eigenvalue weighted by atomic mass is 14.6. The van der Waals surface area contributed by atoms with Gasteiger partial charge in [-0.05, 0) is 41.9 Å². The summed E-state index contributed by atoms with van der Waals surface area (Å²) in [5.41, 5.74) is 0.717. The van der Waals surface area contributed by atoms with Gasteiger partial charge in [-0.25, -0.2) is 0 Å². The maximum atomic E-state index is 2.42. The largest absolute Gasteiger partial charge is 0.0625 e. The summed E-state index contributed by atoms with van der Waals surface area (Å²) in [5.74, 6) is 4.23. The molecule has 3 unspecified atom stereocenters. The summed E-state index contributed by atoms with van der Waals surface area (Å²) >= 11 is 0. The van der Waals surface area contributed by atoms with Gasteiger partial charge in [0.1, 0.15) is 0 Å². The van der Waals surface area contributed by atoms with E-state index in [4.69, 9.17) is 0 Å². The predicted molar refractivity (Wildman–Crippen MR) is 48.3 cm³/mol. The van der Waals surface area contributed by atoms with E-state index in [1.165, 1.54) is 12.8 Å². The Morgan fingerprint density at radius 1 is 1.27 bits per heavy atom. The maximum Gasteiger partial charge on any atom is -0.0320 e. The molecular weight excluding hydrogens is 132 g/mol. The lowest BCUT2D eigenvalue weighted by Crippen LogP contribution is -1.98. The van der Waals surface area contributed by atoms with Gasteiger partial charge < -0.3 is 0 Å². The smallest absolute Gasteiger partial charge is 0.0320 e. The van der Waals surface area contributed by atoms with E-state index in [-0.39, 0.29) is 0 Å². The molecule has 0 heteroatoms. The third kappa shape index (κ3) is 1.21. The topological polar surface area (TPSA) is 0 Å². The Morgan fingerprint density at radius 3 is 2.09 bits per heavy atom. The lowest BCUT2D eigenvalue weighted by atomic mass is 10.0. The molecular formula is C11H20. The van der Waals surface area contributed by atoms with Gasteiger partial charge in [0.15, 0.2) is 0 Å². The van der Waals surface area contributed by atoms with Crippen molar-refractivity contribution in [3.63, 3.8) is 0 Å². The van der Waals surface area contributed by atoms with Crippen molar-refractivity contribution in [2.45, 2.75) is 40.5 Å². The van der Waals surface area contributed by atoms with E-state index < -0.39 is 0 Å². The van der Waals surface area contributed by atoms with Crippen LogP contribution in [-0.4, -0.2) is 0 Å². The van der Waals surface area contributed by atoms with Crippen LogP contribution in [-0.2, 0) is 0 Å².